The summed E-state index contributed by atoms with van der Waals surface area (Å²) in [5.74, 6) is 0.515. The summed E-state index contributed by atoms with van der Waals surface area (Å²) >= 11 is 0. The zero-order valence-electron chi connectivity index (χ0n) is 8.88. The number of rotatable bonds is 5. The second-order valence-corrected chi connectivity index (χ2v) is 3.23. The average Bonchev–Trinajstić information content (AvgIpc) is 2.23. The molecule has 0 radical (unpaired) electrons. The number of ether oxygens (including phenoxy) is 2. The molecule has 0 spiro atoms. The van der Waals surface area contributed by atoms with Crippen LogP contribution in [0.2, 0.25) is 0 Å². The lowest BCUT2D eigenvalue weighted by Gasteiger charge is -2.09. The van der Waals surface area contributed by atoms with Crippen molar-refractivity contribution in [3.05, 3.63) is 29.8 Å². The fourth-order valence-corrected chi connectivity index (χ4v) is 1.12. The summed E-state index contributed by atoms with van der Waals surface area (Å²) in [4.78, 5) is 0. The Labute approximate surface area is 92.0 Å². The van der Waals surface area contributed by atoms with E-state index in [4.69, 9.17) is 4.74 Å². The van der Waals surface area contributed by atoms with E-state index < -0.39 is 19.6 Å². The molecule has 0 aromatic heterocycles. The summed E-state index contributed by atoms with van der Waals surface area (Å²) in [6, 6.07) is 7.16. The maximum absolute atomic E-state index is 11.7. The van der Waals surface area contributed by atoms with Gasteiger partial charge in [-0.3, -0.25) is 0 Å². The van der Waals surface area contributed by atoms with E-state index in [-0.39, 0.29) is 0 Å². The Morgan fingerprint density at radius 1 is 1.25 bits per heavy atom. The molecule has 0 aliphatic rings. The van der Waals surface area contributed by atoms with Gasteiger partial charge in [0.15, 0.2) is 6.79 Å². The molecule has 1 rings (SSSR count). The van der Waals surface area contributed by atoms with Crippen molar-refractivity contribution in [2.75, 3.05) is 13.4 Å². The minimum absolute atomic E-state index is 0.396. The Morgan fingerprint density at radius 3 is 2.62 bits per heavy atom. The summed E-state index contributed by atoms with van der Waals surface area (Å²) in [5.41, 5.74) is 1.06. The van der Waals surface area contributed by atoms with E-state index in [2.05, 4.69) is 4.74 Å². The van der Waals surface area contributed by atoms with Gasteiger partial charge in [0, 0.05) is 0 Å². The van der Waals surface area contributed by atoms with Crippen LogP contribution in [0.1, 0.15) is 12.5 Å². The predicted octanol–water partition coefficient (Wildman–Crippen LogP) is 3.16. The summed E-state index contributed by atoms with van der Waals surface area (Å²) in [7, 11) is 0. The third-order valence-corrected chi connectivity index (χ3v) is 1.88. The molecule has 0 aliphatic carbocycles. The first-order chi connectivity index (χ1) is 7.51. The lowest BCUT2D eigenvalue weighted by atomic mass is 10.2. The topological polar surface area (TPSA) is 18.5 Å². The highest BCUT2D eigenvalue weighted by Crippen LogP contribution is 2.16. The molecule has 0 saturated carbocycles. The first kappa shape index (κ1) is 12.8. The molecule has 5 heteroatoms. The standard InChI is InChI=1S/C11H13F3O2/c1-2-9-4-3-5-10(6-9)16-8-15-7-11(12,13)14/h3-6H,2,7-8H2,1H3. The van der Waals surface area contributed by atoms with Gasteiger partial charge in [0.1, 0.15) is 12.4 Å². The average molecular weight is 234 g/mol. The smallest absolute Gasteiger partial charge is 0.411 e. The Morgan fingerprint density at radius 2 is 2.00 bits per heavy atom. The van der Waals surface area contributed by atoms with E-state index in [1.165, 1.54) is 0 Å². The fourth-order valence-electron chi connectivity index (χ4n) is 1.12. The van der Waals surface area contributed by atoms with Crippen LogP contribution >= 0.6 is 0 Å². The van der Waals surface area contributed by atoms with Gasteiger partial charge in [-0.25, -0.2) is 0 Å². The molecule has 0 fully saturated rings. The van der Waals surface area contributed by atoms with Crippen molar-refractivity contribution in [3.8, 4) is 5.75 Å². The number of hydrogen-bond acceptors (Lipinski definition) is 2. The van der Waals surface area contributed by atoms with Gasteiger partial charge >= 0.3 is 6.18 Å². The van der Waals surface area contributed by atoms with Crippen LogP contribution in [0.5, 0.6) is 5.75 Å². The van der Waals surface area contributed by atoms with E-state index in [1.54, 1.807) is 18.2 Å². The zero-order chi connectivity index (χ0) is 12.0. The summed E-state index contributed by atoms with van der Waals surface area (Å²) in [6.45, 7) is 0.298. The van der Waals surface area contributed by atoms with Crippen LogP contribution in [-0.2, 0) is 11.2 Å². The largest absolute Gasteiger partial charge is 0.468 e. The normalized spacial score (nSPS) is 11.5. The van der Waals surface area contributed by atoms with Crippen LogP contribution in [0.25, 0.3) is 0 Å². The summed E-state index contributed by atoms with van der Waals surface area (Å²) in [5, 5.41) is 0. The number of alkyl halides is 3. The molecule has 0 unspecified atom stereocenters. The minimum Gasteiger partial charge on any atom is -0.468 e. The number of halogens is 3. The highest BCUT2D eigenvalue weighted by molar-refractivity contribution is 5.28. The summed E-state index contributed by atoms with van der Waals surface area (Å²) < 4.78 is 44.5. The van der Waals surface area contributed by atoms with Crippen LogP contribution in [0, 0.1) is 0 Å². The van der Waals surface area contributed by atoms with Gasteiger partial charge < -0.3 is 9.47 Å². The third-order valence-electron chi connectivity index (χ3n) is 1.88. The van der Waals surface area contributed by atoms with E-state index in [1.807, 2.05) is 13.0 Å². The van der Waals surface area contributed by atoms with Crippen LogP contribution in [-0.4, -0.2) is 19.6 Å². The molecule has 90 valence electrons. The van der Waals surface area contributed by atoms with Crippen molar-refractivity contribution < 1.29 is 22.6 Å². The van der Waals surface area contributed by atoms with Crippen molar-refractivity contribution in [3.63, 3.8) is 0 Å². The minimum atomic E-state index is -4.31. The lowest BCUT2D eigenvalue weighted by molar-refractivity contribution is -0.186. The molecule has 2 nitrogen and oxygen atoms in total. The first-order valence-corrected chi connectivity index (χ1v) is 4.87. The Kier molecular flexibility index (Phi) is 4.61. The molecule has 0 amide bonds. The van der Waals surface area contributed by atoms with Crippen molar-refractivity contribution in [2.24, 2.45) is 0 Å². The quantitative estimate of drug-likeness (QED) is 0.575. The maximum Gasteiger partial charge on any atom is 0.411 e. The van der Waals surface area contributed by atoms with E-state index in [0.29, 0.717) is 5.75 Å². The van der Waals surface area contributed by atoms with Gasteiger partial charge in [0.25, 0.3) is 0 Å². The van der Waals surface area contributed by atoms with Gasteiger partial charge in [0.2, 0.25) is 0 Å². The second-order valence-electron chi connectivity index (χ2n) is 3.23. The van der Waals surface area contributed by atoms with Crippen molar-refractivity contribution in [1.82, 2.24) is 0 Å². The molecular weight excluding hydrogens is 221 g/mol. The molecule has 0 heterocycles. The molecule has 1 aromatic carbocycles. The summed E-state index contributed by atoms with van der Waals surface area (Å²) in [6.07, 6.45) is -3.46. The van der Waals surface area contributed by atoms with E-state index >= 15 is 0 Å². The monoisotopic (exact) mass is 234 g/mol. The van der Waals surface area contributed by atoms with Gasteiger partial charge in [0.05, 0.1) is 0 Å². The van der Waals surface area contributed by atoms with Crippen molar-refractivity contribution in [2.45, 2.75) is 19.5 Å². The SMILES string of the molecule is CCc1cccc(OCOCC(F)(F)F)c1. The van der Waals surface area contributed by atoms with Crippen molar-refractivity contribution >= 4 is 0 Å². The fraction of sp³-hybridized carbons (Fsp3) is 0.455. The van der Waals surface area contributed by atoms with Gasteiger partial charge in [-0.05, 0) is 24.1 Å². The molecule has 0 bridgehead atoms. The van der Waals surface area contributed by atoms with Gasteiger partial charge in [-0.1, -0.05) is 19.1 Å². The number of hydrogen-bond donors (Lipinski definition) is 0. The molecule has 0 atom stereocenters. The number of aryl methyl sites for hydroxylation is 1. The molecule has 0 N–H and O–H groups in total. The van der Waals surface area contributed by atoms with Crippen LogP contribution in [0.3, 0.4) is 0 Å². The molecule has 0 saturated heterocycles. The number of benzene rings is 1. The van der Waals surface area contributed by atoms with E-state index in [9.17, 15) is 13.2 Å². The molecular formula is C11H13F3O2. The lowest BCUT2D eigenvalue weighted by Crippen LogP contribution is -2.19. The van der Waals surface area contributed by atoms with Crippen LogP contribution in [0.15, 0.2) is 24.3 Å². The van der Waals surface area contributed by atoms with Crippen molar-refractivity contribution in [1.29, 1.82) is 0 Å². The first-order valence-electron chi connectivity index (χ1n) is 4.87. The van der Waals surface area contributed by atoms with Gasteiger partial charge in [-0.2, -0.15) is 13.2 Å². The van der Waals surface area contributed by atoms with Crippen LogP contribution < -0.4 is 4.74 Å². The third kappa shape index (κ3) is 5.02. The predicted molar refractivity (Wildman–Crippen MR) is 53.3 cm³/mol. The van der Waals surface area contributed by atoms with E-state index in [0.717, 1.165) is 12.0 Å². The Hall–Kier alpha value is -1.23. The maximum atomic E-state index is 11.7. The Bertz CT molecular complexity index is 323. The molecule has 0 aliphatic heterocycles. The zero-order valence-corrected chi connectivity index (χ0v) is 8.88. The highest BCUT2D eigenvalue weighted by atomic mass is 19.4. The molecule has 16 heavy (non-hydrogen) atoms. The van der Waals surface area contributed by atoms with Gasteiger partial charge in [-0.15, -0.1) is 0 Å². The second kappa shape index (κ2) is 5.75. The van der Waals surface area contributed by atoms with Crippen LogP contribution in [0.4, 0.5) is 13.2 Å². The highest BCUT2D eigenvalue weighted by Gasteiger charge is 2.27. The molecule has 1 aromatic rings. The Balaban J connectivity index is 2.32.